The van der Waals surface area contributed by atoms with Crippen molar-refractivity contribution in [3.05, 3.63) is 35.4 Å². The number of halogens is 2. The van der Waals surface area contributed by atoms with E-state index in [0.717, 1.165) is 6.07 Å². The van der Waals surface area contributed by atoms with Gasteiger partial charge < -0.3 is 5.73 Å². The zero-order valence-electron chi connectivity index (χ0n) is 9.06. The van der Waals surface area contributed by atoms with Gasteiger partial charge in [-0.15, -0.1) is 5.92 Å². The molecule has 0 saturated heterocycles. The van der Waals surface area contributed by atoms with Gasteiger partial charge in [-0.3, -0.25) is 5.32 Å². The number of nitrogens with one attached hydrogen (secondary N) is 1. The van der Waals surface area contributed by atoms with Crippen LogP contribution < -0.4 is 11.1 Å². The van der Waals surface area contributed by atoms with Crippen LogP contribution in [0.25, 0.3) is 0 Å². The molecule has 2 nitrogen and oxygen atoms in total. The van der Waals surface area contributed by atoms with Gasteiger partial charge in [0, 0.05) is 18.2 Å². The minimum Gasteiger partial charge on any atom is -0.329 e. The van der Waals surface area contributed by atoms with Crippen molar-refractivity contribution in [3.8, 4) is 11.8 Å². The maximum absolute atomic E-state index is 13.4. The van der Waals surface area contributed by atoms with E-state index in [-0.39, 0.29) is 12.1 Å². The van der Waals surface area contributed by atoms with E-state index in [1.54, 1.807) is 6.92 Å². The first kappa shape index (κ1) is 12.6. The van der Waals surface area contributed by atoms with Gasteiger partial charge in [-0.2, -0.15) is 0 Å². The van der Waals surface area contributed by atoms with Crippen LogP contribution in [0.1, 0.15) is 18.5 Å². The fourth-order valence-corrected chi connectivity index (χ4v) is 1.37. The Labute approximate surface area is 93.8 Å². The molecule has 0 bridgehead atoms. The lowest BCUT2D eigenvalue weighted by Gasteiger charge is -2.16. The van der Waals surface area contributed by atoms with E-state index in [1.807, 2.05) is 0 Å². The van der Waals surface area contributed by atoms with Gasteiger partial charge >= 0.3 is 0 Å². The highest BCUT2D eigenvalue weighted by Gasteiger charge is 2.15. The molecule has 4 heteroatoms. The van der Waals surface area contributed by atoms with Crippen LogP contribution in [0.5, 0.6) is 0 Å². The van der Waals surface area contributed by atoms with Gasteiger partial charge in [-0.05, 0) is 13.0 Å². The number of hydrogen-bond donors (Lipinski definition) is 2. The Morgan fingerprint density at radius 1 is 1.44 bits per heavy atom. The monoisotopic (exact) mass is 224 g/mol. The van der Waals surface area contributed by atoms with E-state index in [9.17, 15) is 8.78 Å². The molecule has 0 heterocycles. The Bertz CT molecular complexity index is 407. The molecule has 3 N–H and O–H groups in total. The van der Waals surface area contributed by atoms with Crippen molar-refractivity contribution >= 4 is 0 Å². The third-order valence-corrected chi connectivity index (χ3v) is 2.21. The summed E-state index contributed by atoms with van der Waals surface area (Å²) < 4.78 is 26.4. The molecule has 0 spiro atoms. The maximum Gasteiger partial charge on any atom is 0.163 e. The zero-order valence-corrected chi connectivity index (χ0v) is 9.06. The van der Waals surface area contributed by atoms with Crippen LogP contribution in [0.4, 0.5) is 8.78 Å². The normalized spacial score (nSPS) is 11.8. The number of rotatable bonds is 4. The molecule has 1 atom stereocenters. The number of hydrogen-bond acceptors (Lipinski definition) is 2. The second-order valence-corrected chi connectivity index (χ2v) is 3.24. The molecule has 0 saturated carbocycles. The van der Waals surface area contributed by atoms with E-state index in [4.69, 9.17) is 5.73 Å². The molecular weight excluding hydrogens is 210 g/mol. The second-order valence-electron chi connectivity index (χ2n) is 3.24. The summed E-state index contributed by atoms with van der Waals surface area (Å²) >= 11 is 0. The minimum absolute atomic E-state index is 0.186. The van der Waals surface area contributed by atoms with Crippen LogP contribution in [0.15, 0.2) is 18.2 Å². The van der Waals surface area contributed by atoms with E-state index in [0.29, 0.717) is 6.54 Å². The summed E-state index contributed by atoms with van der Waals surface area (Å²) in [6.07, 6.45) is 0. The van der Waals surface area contributed by atoms with Gasteiger partial charge in [0.1, 0.15) is 0 Å². The summed E-state index contributed by atoms with van der Waals surface area (Å²) in [5.41, 5.74) is 5.74. The van der Waals surface area contributed by atoms with Gasteiger partial charge in [0.25, 0.3) is 0 Å². The lowest BCUT2D eigenvalue weighted by atomic mass is 10.1. The highest BCUT2D eigenvalue weighted by Crippen LogP contribution is 2.18. The van der Waals surface area contributed by atoms with E-state index < -0.39 is 17.7 Å². The first-order valence-corrected chi connectivity index (χ1v) is 4.97. The van der Waals surface area contributed by atoms with Gasteiger partial charge in [0.2, 0.25) is 0 Å². The standard InChI is InChI=1S/C12H14F2N2/c1-2-3-7-16-11(8-15)9-5-4-6-10(13)12(9)14/h4-6,11,16H,7-8,15H2,1H3. The molecule has 1 rings (SSSR count). The zero-order chi connectivity index (χ0) is 12.0. The van der Waals surface area contributed by atoms with Crippen molar-refractivity contribution in [1.82, 2.24) is 5.32 Å². The molecule has 0 aliphatic carbocycles. The maximum atomic E-state index is 13.4. The molecule has 0 aliphatic heterocycles. The second kappa shape index (κ2) is 6.21. The highest BCUT2D eigenvalue weighted by atomic mass is 19.2. The van der Waals surface area contributed by atoms with Crippen LogP contribution in [0.3, 0.4) is 0 Å². The summed E-state index contributed by atoms with van der Waals surface area (Å²) in [4.78, 5) is 0. The molecule has 1 aromatic carbocycles. The Balaban J connectivity index is 2.85. The SMILES string of the molecule is CC#CCNC(CN)c1cccc(F)c1F. The summed E-state index contributed by atoms with van der Waals surface area (Å²) in [6.45, 7) is 2.29. The number of benzene rings is 1. The van der Waals surface area contributed by atoms with Crippen molar-refractivity contribution in [3.63, 3.8) is 0 Å². The summed E-state index contributed by atoms with van der Waals surface area (Å²) in [6, 6.07) is 3.64. The highest BCUT2D eigenvalue weighted by molar-refractivity contribution is 5.23. The molecule has 0 fully saturated rings. The average Bonchev–Trinajstić information content (AvgIpc) is 2.29. The Morgan fingerprint density at radius 3 is 2.81 bits per heavy atom. The van der Waals surface area contributed by atoms with Crippen LogP contribution >= 0.6 is 0 Å². The van der Waals surface area contributed by atoms with Gasteiger partial charge in [-0.1, -0.05) is 18.1 Å². The molecule has 0 radical (unpaired) electrons. The predicted molar refractivity (Wildman–Crippen MR) is 59.6 cm³/mol. The van der Waals surface area contributed by atoms with E-state index >= 15 is 0 Å². The van der Waals surface area contributed by atoms with Crippen molar-refractivity contribution < 1.29 is 8.78 Å². The molecule has 0 amide bonds. The smallest absolute Gasteiger partial charge is 0.163 e. The van der Waals surface area contributed by atoms with E-state index in [1.165, 1.54) is 12.1 Å². The molecular formula is C12H14F2N2. The van der Waals surface area contributed by atoms with Gasteiger partial charge in [0.05, 0.1) is 6.54 Å². The van der Waals surface area contributed by atoms with Crippen molar-refractivity contribution in [2.24, 2.45) is 5.73 Å². The lowest BCUT2D eigenvalue weighted by Crippen LogP contribution is -2.29. The van der Waals surface area contributed by atoms with Crippen LogP contribution in [-0.4, -0.2) is 13.1 Å². The Kier molecular flexibility index (Phi) is 4.90. The summed E-state index contributed by atoms with van der Waals surface area (Å²) in [5.74, 6) is 3.77. The predicted octanol–water partition coefficient (Wildman–Crippen LogP) is 1.58. The van der Waals surface area contributed by atoms with Crippen LogP contribution in [0, 0.1) is 23.5 Å². The third kappa shape index (κ3) is 3.02. The number of nitrogens with two attached hydrogens (primary N) is 1. The fourth-order valence-electron chi connectivity index (χ4n) is 1.37. The molecule has 1 aromatic rings. The van der Waals surface area contributed by atoms with Crippen molar-refractivity contribution in [1.29, 1.82) is 0 Å². The van der Waals surface area contributed by atoms with E-state index in [2.05, 4.69) is 17.2 Å². The third-order valence-electron chi connectivity index (χ3n) is 2.21. The fraction of sp³-hybridized carbons (Fsp3) is 0.333. The first-order valence-electron chi connectivity index (χ1n) is 4.97. The van der Waals surface area contributed by atoms with Crippen molar-refractivity contribution in [2.45, 2.75) is 13.0 Å². The first-order chi connectivity index (χ1) is 7.70. The van der Waals surface area contributed by atoms with Gasteiger partial charge in [-0.25, -0.2) is 8.78 Å². The van der Waals surface area contributed by atoms with Crippen molar-refractivity contribution in [2.75, 3.05) is 13.1 Å². The summed E-state index contributed by atoms with van der Waals surface area (Å²) in [5, 5.41) is 2.95. The molecule has 0 aromatic heterocycles. The van der Waals surface area contributed by atoms with Gasteiger partial charge in [0.15, 0.2) is 11.6 Å². The topological polar surface area (TPSA) is 38.0 Å². The average molecular weight is 224 g/mol. The Hall–Kier alpha value is -1.44. The van der Waals surface area contributed by atoms with Crippen LogP contribution in [-0.2, 0) is 0 Å². The quantitative estimate of drug-likeness (QED) is 0.762. The largest absolute Gasteiger partial charge is 0.329 e. The summed E-state index contributed by atoms with van der Waals surface area (Å²) in [7, 11) is 0. The molecule has 16 heavy (non-hydrogen) atoms. The minimum atomic E-state index is -0.862. The Morgan fingerprint density at radius 2 is 2.19 bits per heavy atom. The molecule has 86 valence electrons. The van der Waals surface area contributed by atoms with Crippen LogP contribution in [0.2, 0.25) is 0 Å². The molecule has 1 unspecified atom stereocenters. The molecule has 0 aliphatic rings. The lowest BCUT2D eigenvalue weighted by molar-refractivity contribution is 0.472.